The highest BCUT2D eigenvalue weighted by Gasteiger charge is 2.46. The number of amides is 8. The normalized spacial score (nSPS) is 17.1. The quantitative estimate of drug-likeness (QED) is 0.0201. The van der Waals surface area contributed by atoms with Crippen LogP contribution in [0.3, 0.4) is 0 Å². The standard InChI is InChI=1S/C56H65FN10O13/c1-5-56(78)37-23-42-52-35(28-67(42)54(76)36(37)30-80-55(56)77)51-41(16-15-34-32(2)38(57)24-39(63-52)50(34)51)65(4)49(74)29-64(3)20-21-79-31-61-45(70)26-60-53(75)40(22-33-12-8-6-9-13-33)62-46(71)27-59-44(69)25-58-43(68)14-10-7-11-19-66-47(72)17-18-48(66)73/h6,8-9,12-13,17-18,23-24,40-41,78H,5,7,10-11,14-16,19-22,25-31H2,1-4H3,(H,58,68)(H,59,69)(H,60,75)(H,61,70)(H,62,71)/t40-,41-,56-/m0/s1. The molecule has 5 heterocycles. The Labute approximate surface area is 459 Å². The van der Waals surface area contributed by atoms with Crippen molar-refractivity contribution in [3.05, 3.63) is 110 Å². The monoisotopic (exact) mass is 1100 g/mol. The van der Waals surface area contributed by atoms with Crippen LogP contribution < -0.4 is 32.1 Å². The Morgan fingerprint density at radius 3 is 2.33 bits per heavy atom. The molecule has 3 aliphatic heterocycles. The molecule has 0 saturated carbocycles. The van der Waals surface area contributed by atoms with Crippen molar-refractivity contribution >= 4 is 64.1 Å². The minimum Gasteiger partial charge on any atom is -0.458 e. The third-order valence-electron chi connectivity index (χ3n) is 15.0. The van der Waals surface area contributed by atoms with E-state index >= 15 is 4.39 Å². The summed E-state index contributed by atoms with van der Waals surface area (Å²) in [6.45, 7) is 2.21. The predicted molar refractivity (Wildman–Crippen MR) is 285 cm³/mol. The van der Waals surface area contributed by atoms with Gasteiger partial charge in [-0.15, -0.1) is 0 Å². The van der Waals surface area contributed by atoms with Crippen LogP contribution in [0, 0.1) is 12.7 Å². The first-order valence-electron chi connectivity index (χ1n) is 26.6. The second kappa shape index (κ2) is 25.3. The second-order valence-electron chi connectivity index (χ2n) is 20.3. The number of aromatic nitrogens is 2. The number of nitrogens with one attached hydrogen (secondary N) is 5. The molecule has 8 amide bonds. The Morgan fingerprint density at radius 2 is 1.59 bits per heavy atom. The van der Waals surface area contributed by atoms with Gasteiger partial charge in [0, 0.05) is 67.7 Å². The fourth-order valence-electron chi connectivity index (χ4n) is 10.5. The topological polar surface area (TPSA) is 297 Å². The number of fused-ring (bicyclic) bond motifs is 5. The summed E-state index contributed by atoms with van der Waals surface area (Å²) in [7, 11) is 3.44. The molecule has 4 aliphatic rings. The first-order valence-corrected chi connectivity index (χ1v) is 26.6. The number of pyridine rings is 2. The maximum atomic E-state index is 15.5. The molecular formula is C56H65FN10O13. The number of aliphatic hydroxyl groups is 1. The van der Waals surface area contributed by atoms with E-state index in [1.165, 1.54) is 22.8 Å². The third kappa shape index (κ3) is 12.8. The van der Waals surface area contributed by atoms with E-state index in [0.29, 0.717) is 65.7 Å². The average Bonchev–Trinajstić information content (AvgIpc) is 4.15. The van der Waals surface area contributed by atoms with Crippen LogP contribution in [0.4, 0.5) is 4.39 Å². The Morgan fingerprint density at radius 1 is 0.887 bits per heavy atom. The van der Waals surface area contributed by atoms with Crippen molar-refractivity contribution in [2.75, 3.05) is 66.7 Å². The highest BCUT2D eigenvalue weighted by atomic mass is 19.1. The van der Waals surface area contributed by atoms with Gasteiger partial charge < -0.3 is 50.6 Å². The summed E-state index contributed by atoms with van der Waals surface area (Å²) in [5, 5.41) is 24.7. The molecule has 0 radical (unpaired) electrons. The van der Waals surface area contributed by atoms with E-state index < -0.39 is 84.2 Å². The van der Waals surface area contributed by atoms with Crippen molar-refractivity contribution in [2.24, 2.45) is 0 Å². The maximum Gasteiger partial charge on any atom is 0.343 e. The van der Waals surface area contributed by atoms with Crippen molar-refractivity contribution in [1.82, 2.24) is 50.8 Å². The largest absolute Gasteiger partial charge is 0.458 e. The molecule has 1 aliphatic carbocycles. The van der Waals surface area contributed by atoms with Crippen LogP contribution in [0.15, 0.2) is 59.4 Å². The van der Waals surface area contributed by atoms with Crippen LogP contribution >= 0.6 is 0 Å². The van der Waals surface area contributed by atoms with Gasteiger partial charge in [0.05, 0.1) is 67.8 Å². The molecule has 424 valence electrons. The lowest BCUT2D eigenvalue weighted by Gasteiger charge is -2.36. The van der Waals surface area contributed by atoms with Gasteiger partial charge in [-0.3, -0.25) is 53.0 Å². The molecule has 8 rings (SSSR count). The van der Waals surface area contributed by atoms with Crippen LogP contribution in [-0.4, -0.2) is 155 Å². The Balaban J connectivity index is 0.779. The first kappa shape index (κ1) is 57.9. The summed E-state index contributed by atoms with van der Waals surface area (Å²) in [5.41, 5.74) is 2.42. The van der Waals surface area contributed by atoms with Gasteiger partial charge in [-0.2, -0.15) is 0 Å². The van der Waals surface area contributed by atoms with Gasteiger partial charge >= 0.3 is 5.97 Å². The molecule has 24 heteroatoms. The van der Waals surface area contributed by atoms with Crippen molar-refractivity contribution in [3.63, 3.8) is 0 Å². The fraction of sp³-hybridized carbons (Fsp3) is 0.446. The molecule has 23 nitrogen and oxygen atoms in total. The number of unbranched alkanes of at least 4 members (excludes halogenated alkanes) is 2. The highest BCUT2D eigenvalue weighted by Crippen LogP contribution is 2.47. The zero-order chi connectivity index (χ0) is 57.4. The van der Waals surface area contributed by atoms with Gasteiger partial charge in [-0.25, -0.2) is 14.2 Å². The first-order chi connectivity index (χ1) is 38.3. The third-order valence-corrected chi connectivity index (χ3v) is 15.0. The number of cyclic esters (lactones) is 1. The van der Waals surface area contributed by atoms with E-state index in [9.17, 15) is 53.1 Å². The molecule has 80 heavy (non-hydrogen) atoms. The summed E-state index contributed by atoms with van der Waals surface area (Å²) in [6, 6.07) is 10.2. The molecule has 0 spiro atoms. The van der Waals surface area contributed by atoms with E-state index in [1.54, 1.807) is 74.1 Å². The second-order valence-corrected chi connectivity index (χ2v) is 20.3. The van der Waals surface area contributed by atoms with Crippen LogP contribution in [-0.2, 0) is 84.2 Å². The highest BCUT2D eigenvalue weighted by molar-refractivity contribution is 6.12. The molecule has 0 fully saturated rings. The van der Waals surface area contributed by atoms with Crippen molar-refractivity contribution in [2.45, 2.75) is 96.1 Å². The number of hydrogen-bond acceptors (Lipinski definition) is 15. The van der Waals surface area contributed by atoms with Crippen molar-refractivity contribution in [1.29, 1.82) is 0 Å². The van der Waals surface area contributed by atoms with E-state index in [-0.39, 0.29) is 94.2 Å². The summed E-state index contributed by atoms with van der Waals surface area (Å²) in [4.78, 5) is 137. The molecule has 6 N–H and O–H groups in total. The van der Waals surface area contributed by atoms with E-state index in [1.807, 2.05) is 0 Å². The van der Waals surface area contributed by atoms with E-state index in [2.05, 4.69) is 26.6 Å². The molecule has 4 aromatic rings. The number of rotatable bonds is 25. The number of carbonyl (C=O) groups is 9. The average molecular weight is 1110 g/mol. The van der Waals surface area contributed by atoms with Gasteiger partial charge in [-0.1, -0.05) is 43.7 Å². The van der Waals surface area contributed by atoms with E-state index in [4.69, 9.17) is 14.5 Å². The number of aryl methyl sites for hydroxylation is 1. The summed E-state index contributed by atoms with van der Waals surface area (Å²) in [5.74, 6) is -5.22. The number of ether oxygens (including phenoxy) is 2. The number of imide groups is 1. The SMILES string of the molecule is CC[C@@]1(O)C(=O)OCc2c1cc1n(c2=O)Cc2c-1nc1cc(F)c(C)c3c1c2[C@@H](N(C)C(=O)CN(C)CCOCNC(=O)CNC(=O)[C@H](Cc1ccccc1)NC(=O)CNC(=O)CNC(=O)CCCCCN1C(=O)C=CC1=O)CC3. The molecule has 0 saturated heterocycles. The Hall–Kier alpha value is -8.22. The smallest absolute Gasteiger partial charge is 0.343 e. The lowest BCUT2D eigenvalue weighted by Crippen LogP contribution is -2.52. The van der Waals surface area contributed by atoms with Gasteiger partial charge in [0.25, 0.3) is 17.4 Å². The lowest BCUT2D eigenvalue weighted by molar-refractivity contribution is -0.172. The Bertz CT molecular complexity index is 3220. The van der Waals surface area contributed by atoms with Crippen molar-refractivity contribution in [3.8, 4) is 11.4 Å². The molecule has 2 aromatic carbocycles. The number of esters is 1. The number of halogens is 1. The number of likely N-dealkylation sites (N-methyl/N-ethyl adjacent to an activating group) is 2. The minimum atomic E-state index is -2.03. The van der Waals surface area contributed by atoms with Crippen LogP contribution in [0.5, 0.6) is 0 Å². The molecule has 3 atom stereocenters. The summed E-state index contributed by atoms with van der Waals surface area (Å²) >= 11 is 0. The van der Waals surface area contributed by atoms with Gasteiger partial charge in [0.1, 0.15) is 25.2 Å². The van der Waals surface area contributed by atoms with Gasteiger partial charge in [0.2, 0.25) is 35.4 Å². The van der Waals surface area contributed by atoms with Crippen LogP contribution in [0.2, 0.25) is 0 Å². The molecule has 0 bridgehead atoms. The number of benzene rings is 2. The van der Waals surface area contributed by atoms with Crippen molar-refractivity contribution < 1.29 is 62.1 Å². The maximum absolute atomic E-state index is 15.5. The zero-order valence-corrected chi connectivity index (χ0v) is 45.0. The van der Waals surface area contributed by atoms with Gasteiger partial charge in [0.15, 0.2) is 5.60 Å². The minimum absolute atomic E-state index is 0.0147. The number of carbonyl (C=O) groups excluding carboxylic acids is 9. The fourth-order valence-corrected chi connectivity index (χ4v) is 10.5. The van der Waals surface area contributed by atoms with Crippen LogP contribution in [0.25, 0.3) is 22.3 Å². The summed E-state index contributed by atoms with van der Waals surface area (Å²) < 4.78 is 27.9. The Kier molecular flexibility index (Phi) is 18.3. The predicted octanol–water partition coefficient (Wildman–Crippen LogP) is 0.556. The van der Waals surface area contributed by atoms with Crippen LogP contribution in [0.1, 0.15) is 90.4 Å². The van der Waals surface area contributed by atoms with Gasteiger partial charge in [-0.05, 0) is 74.4 Å². The molecule has 0 unspecified atom stereocenters. The van der Waals surface area contributed by atoms with E-state index in [0.717, 1.165) is 21.4 Å². The molecule has 2 aromatic heterocycles. The number of hydrogen-bond donors (Lipinski definition) is 6. The zero-order valence-electron chi connectivity index (χ0n) is 45.0. The molecular weight excluding hydrogens is 1040 g/mol. The number of nitrogens with zero attached hydrogens (tertiary/aromatic N) is 5. The lowest BCUT2D eigenvalue weighted by atomic mass is 9.81. The summed E-state index contributed by atoms with van der Waals surface area (Å²) in [6.07, 6.45) is 5.07.